The largest absolute Gasteiger partial charge is 0.489 e. The van der Waals surface area contributed by atoms with Crippen molar-refractivity contribution in [2.45, 2.75) is 20.3 Å². The van der Waals surface area contributed by atoms with Gasteiger partial charge in [0.2, 0.25) is 0 Å². The minimum atomic E-state index is -0.396. The molecule has 1 rings (SSSR count). The highest BCUT2D eigenvalue weighted by atomic mass is 16.6. The number of hydrogen-bond donors (Lipinski definition) is 1. The van der Waals surface area contributed by atoms with Crippen LogP contribution in [0.5, 0.6) is 5.75 Å². The van der Waals surface area contributed by atoms with Crippen LogP contribution in [0.1, 0.15) is 18.9 Å². The van der Waals surface area contributed by atoms with Crippen LogP contribution in [0.3, 0.4) is 0 Å². The van der Waals surface area contributed by atoms with E-state index in [-0.39, 0.29) is 5.69 Å². The minimum Gasteiger partial charge on any atom is -0.489 e. The number of nitrogens with one attached hydrogen (secondary N) is 1. The normalized spacial score (nSPS) is 10.2. The fourth-order valence-electron chi connectivity index (χ4n) is 1.60. The van der Waals surface area contributed by atoms with E-state index in [4.69, 9.17) is 4.74 Å². The molecule has 0 aromatic heterocycles. The molecule has 0 radical (unpaired) electrons. The standard InChI is InChI=1S/C14H20N2O3/c1-4-7-15-9-11(2)10-19-13-5-6-14(16(17)18)12(3)8-13/h5-6,8,15H,2,4,7,9-10H2,1,3H3. The summed E-state index contributed by atoms with van der Waals surface area (Å²) >= 11 is 0. The Kier molecular flexibility index (Phi) is 6.02. The molecule has 1 aromatic carbocycles. The first-order chi connectivity index (χ1) is 9.04. The third-order valence-electron chi connectivity index (χ3n) is 2.61. The zero-order chi connectivity index (χ0) is 14.3. The quantitative estimate of drug-likeness (QED) is 0.339. The summed E-state index contributed by atoms with van der Waals surface area (Å²) in [6.07, 6.45) is 1.08. The van der Waals surface area contributed by atoms with Gasteiger partial charge in [-0.15, -0.1) is 0 Å². The number of hydrogen-bond acceptors (Lipinski definition) is 4. The summed E-state index contributed by atoms with van der Waals surface area (Å²) in [6.45, 7) is 9.80. The summed E-state index contributed by atoms with van der Waals surface area (Å²) < 4.78 is 5.55. The highest BCUT2D eigenvalue weighted by molar-refractivity contribution is 5.44. The zero-order valence-electron chi connectivity index (χ0n) is 11.4. The molecule has 104 valence electrons. The van der Waals surface area contributed by atoms with Crippen LogP contribution in [0, 0.1) is 17.0 Å². The molecule has 0 atom stereocenters. The first-order valence-corrected chi connectivity index (χ1v) is 6.29. The number of rotatable bonds is 8. The Morgan fingerprint density at radius 1 is 1.53 bits per heavy atom. The van der Waals surface area contributed by atoms with E-state index in [1.807, 2.05) is 0 Å². The molecular formula is C14H20N2O3. The smallest absolute Gasteiger partial charge is 0.272 e. The van der Waals surface area contributed by atoms with Crippen LogP contribution in [-0.2, 0) is 0 Å². The molecule has 0 aliphatic heterocycles. The van der Waals surface area contributed by atoms with E-state index in [0.29, 0.717) is 17.9 Å². The van der Waals surface area contributed by atoms with Gasteiger partial charge in [-0.05, 0) is 37.6 Å². The van der Waals surface area contributed by atoms with Crippen molar-refractivity contribution in [2.75, 3.05) is 19.7 Å². The summed E-state index contributed by atoms with van der Waals surface area (Å²) in [5, 5.41) is 13.9. The van der Waals surface area contributed by atoms with Gasteiger partial charge >= 0.3 is 0 Å². The van der Waals surface area contributed by atoms with E-state index in [2.05, 4.69) is 18.8 Å². The van der Waals surface area contributed by atoms with Crippen LogP contribution in [0.25, 0.3) is 0 Å². The molecule has 19 heavy (non-hydrogen) atoms. The number of aryl methyl sites for hydroxylation is 1. The monoisotopic (exact) mass is 264 g/mol. The van der Waals surface area contributed by atoms with Crippen molar-refractivity contribution in [3.63, 3.8) is 0 Å². The summed E-state index contributed by atoms with van der Waals surface area (Å²) in [5.74, 6) is 0.625. The van der Waals surface area contributed by atoms with Crippen LogP contribution < -0.4 is 10.1 Å². The van der Waals surface area contributed by atoms with Crippen molar-refractivity contribution >= 4 is 5.69 Å². The SMILES string of the molecule is C=C(CNCCC)COc1ccc([N+](=O)[O-])c(C)c1. The van der Waals surface area contributed by atoms with Gasteiger partial charge in [0.05, 0.1) is 4.92 Å². The van der Waals surface area contributed by atoms with Gasteiger partial charge < -0.3 is 10.1 Å². The molecule has 0 bridgehead atoms. The summed E-state index contributed by atoms with van der Waals surface area (Å²) in [5.41, 5.74) is 1.65. The molecule has 0 heterocycles. The molecule has 1 N–H and O–H groups in total. The van der Waals surface area contributed by atoms with Crippen molar-refractivity contribution < 1.29 is 9.66 Å². The Morgan fingerprint density at radius 3 is 2.84 bits per heavy atom. The van der Waals surface area contributed by atoms with Crippen molar-refractivity contribution in [1.29, 1.82) is 0 Å². The highest BCUT2D eigenvalue weighted by Crippen LogP contribution is 2.23. The molecule has 0 aliphatic rings. The number of benzene rings is 1. The molecule has 0 unspecified atom stereocenters. The third-order valence-corrected chi connectivity index (χ3v) is 2.61. The summed E-state index contributed by atoms with van der Waals surface area (Å²) in [7, 11) is 0. The Bertz CT molecular complexity index is 458. The van der Waals surface area contributed by atoms with E-state index in [1.165, 1.54) is 6.07 Å². The fourth-order valence-corrected chi connectivity index (χ4v) is 1.60. The number of nitro groups is 1. The lowest BCUT2D eigenvalue weighted by molar-refractivity contribution is -0.385. The van der Waals surface area contributed by atoms with E-state index in [1.54, 1.807) is 19.1 Å². The first kappa shape index (κ1) is 15.2. The van der Waals surface area contributed by atoms with Gasteiger partial charge in [0, 0.05) is 18.2 Å². The summed E-state index contributed by atoms with van der Waals surface area (Å²) in [4.78, 5) is 10.3. The number of ether oxygens (including phenoxy) is 1. The molecule has 0 spiro atoms. The first-order valence-electron chi connectivity index (χ1n) is 6.29. The molecule has 0 saturated carbocycles. The zero-order valence-corrected chi connectivity index (χ0v) is 11.4. The Balaban J connectivity index is 2.48. The van der Waals surface area contributed by atoms with Gasteiger partial charge in [-0.3, -0.25) is 10.1 Å². The molecule has 5 nitrogen and oxygen atoms in total. The Labute approximate surface area is 113 Å². The highest BCUT2D eigenvalue weighted by Gasteiger charge is 2.10. The van der Waals surface area contributed by atoms with E-state index in [9.17, 15) is 10.1 Å². The van der Waals surface area contributed by atoms with Crippen molar-refractivity contribution in [3.8, 4) is 5.75 Å². The van der Waals surface area contributed by atoms with Crippen LogP contribution in [0.4, 0.5) is 5.69 Å². The predicted molar refractivity (Wildman–Crippen MR) is 75.6 cm³/mol. The van der Waals surface area contributed by atoms with Gasteiger partial charge in [0.15, 0.2) is 0 Å². The molecular weight excluding hydrogens is 244 g/mol. The minimum absolute atomic E-state index is 0.107. The number of nitro benzene ring substituents is 1. The second-order valence-electron chi connectivity index (χ2n) is 4.42. The second-order valence-corrected chi connectivity index (χ2v) is 4.42. The van der Waals surface area contributed by atoms with Gasteiger partial charge in [-0.2, -0.15) is 0 Å². The average Bonchev–Trinajstić information content (AvgIpc) is 2.36. The molecule has 0 fully saturated rings. The maximum absolute atomic E-state index is 10.7. The second kappa shape index (κ2) is 7.53. The van der Waals surface area contributed by atoms with Crippen molar-refractivity contribution in [2.24, 2.45) is 0 Å². The number of nitrogens with zero attached hydrogens (tertiary/aromatic N) is 1. The van der Waals surface area contributed by atoms with Gasteiger partial charge in [0.25, 0.3) is 5.69 Å². The van der Waals surface area contributed by atoms with Crippen LogP contribution in [0.2, 0.25) is 0 Å². The maximum Gasteiger partial charge on any atom is 0.272 e. The van der Waals surface area contributed by atoms with E-state index in [0.717, 1.165) is 25.1 Å². The van der Waals surface area contributed by atoms with E-state index >= 15 is 0 Å². The van der Waals surface area contributed by atoms with Crippen LogP contribution in [0.15, 0.2) is 30.4 Å². The molecule has 0 amide bonds. The van der Waals surface area contributed by atoms with Gasteiger partial charge in [-0.25, -0.2) is 0 Å². The lowest BCUT2D eigenvalue weighted by Gasteiger charge is -2.10. The summed E-state index contributed by atoms with van der Waals surface area (Å²) in [6, 6.07) is 4.74. The third kappa shape index (κ3) is 5.09. The van der Waals surface area contributed by atoms with Crippen LogP contribution >= 0.6 is 0 Å². The van der Waals surface area contributed by atoms with Crippen molar-refractivity contribution in [3.05, 3.63) is 46.0 Å². The molecule has 1 aromatic rings. The molecule has 5 heteroatoms. The lowest BCUT2D eigenvalue weighted by Crippen LogP contribution is -2.20. The van der Waals surface area contributed by atoms with Gasteiger partial charge in [0.1, 0.15) is 12.4 Å². The fraction of sp³-hybridized carbons (Fsp3) is 0.429. The maximum atomic E-state index is 10.7. The van der Waals surface area contributed by atoms with Crippen LogP contribution in [-0.4, -0.2) is 24.6 Å². The van der Waals surface area contributed by atoms with Gasteiger partial charge in [-0.1, -0.05) is 13.5 Å². The van der Waals surface area contributed by atoms with E-state index < -0.39 is 4.92 Å². The molecule has 0 saturated heterocycles. The Hall–Kier alpha value is -1.88. The Morgan fingerprint density at radius 2 is 2.26 bits per heavy atom. The molecule has 0 aliphatic carbocycles. The average molecular weight is 264 g/mol. The lowest BCUT2D eigenvalue weighted by atomic mass is 10.2. The predicted octanol–water partition coefficient (Wildman–Crippen LogP) is 2.84. The topological polar surface area (TPSA) is 64.4 Å². The van der Waals surface area contributed by atoms with Crippen molar-refractivity contribution in [1.82, 2.24) is 5.32 Å².